The van der Waals surface area contributed by atoms with E-state index in [0.29, 0.717) is 11.6 Å². The summed E-state index contributed by atoms with van der Waals surface area (Å²) in [4.78, 5) is 25.6. The van der Waals surface area contributed by atoms with E-state index in [4.69, 9.17) is 0 Å². The molecule has 0 radical (unpaired) electrons. The lowest BCUT2D eigenvalue weighted by molar-refractivity contribution is -0.126. The number of amides is 1. The largest absolute Gasteiger partial charge is 0.355 e. The summed E-state index contributed by atoms with van der Waals surface area (Å²) in [5.74, 6) is 2.43. The maximum absolute atomic E-state index is 12.9. The Hall–Kier alpha value is -3.59. The van der Waals surface area contributed by atoms with Gasteiger partial charge in [0.2, 0.25) is 5.91 Å². The smallest absolute Gasteiger partial charge is 0.223 e. The second-order valence-corrected chi connectivity index (χ2v) is 9.30. The van der Waals surface area contributed by atoms with Gasteiger partial charge in [0.1, 0.15) is 12.1 Å². The average molecular weight is 473 g/mol. The predicted molar refractivity (Wildman–Crippen MR) is 135 cm³/mol. The van der Waals surface area contributed by atoms with Gasteiger partial charge in [0.05, 0.1) is 0 Å². The third kappa shape index (κ3) is 6.30. The van der Waals surface area contributed by atoms with Gasteiger partial charge in [-0.3, -0.25) is 9.69 Å². The molecule has 0 saturated carbocycles. The standard InChI is InChI=1S/C26H32N8O/c35-26(29-22-11-14-33(15-12-22)18-20-4-2-1-3-5-20)21-9-16-34(17-10-21)25-7-6-24(31-32-25)30-23-8-13-27-19-28-23/h1-8,13,19,21-22H,9-12,14-18H2,(H,29,35)(H,27,28,30,31). The number of nitrogens with zero attached hydrogens (tertiary/aromatic N) is 6. The second kappa shape index (κ2) is 11.2. The van der Waals surface area contributed by atoms with Gasteiger partial charge in [-0.2, -0.15) is 0 Å². The number of aromatic nitrogens is 4. The summed E-state index contributed by atoms with van der Waals surface area (Å²) < 4.78 is 0. The Balaban J connectivity index is 1.04. The first-order valence-electron chi connectivity index (χ1n) is 12.4. The van der Waals surface area contributed by atoms with Gasteiger partial charge in [0, 0.05) is 50.9 Å². The van der Waals surface area contributed by atoms with E-state index in [2.05, 4.69) is 70.9 Å². The molecular formula is C26H32N8O. The van der Waals surface area contributed by atoms with E-state index in [1.54, 1.807) is 12.3 Å². The SMILES string of the molecule is O=C(NC1CCN(Cc2ccccc2)CC1)C1CCN(c2ccc(Nc3ccncn3)nn2)CC1. The first-order valence-corrected chi connectivity index (χ1v) is 12.4. The molecule has 9 heteroatoms. The molecule has 0 aliphatic carbocycles. The molecule has 1 amide bonds. The molecule has 2 aromatic heterocycles. The molecule has 35 heavy (non-hydrogen) atoms. The van der Waals surface area contributed by atoms with E-state index in [9.17, 15) is 4.79 Å². The van der Waals surface area contributed by atoms with Gasteiger partial charge in [0.15, 0.2) is 11.6 Å². The lowest BCUT2D eigenvalue weighted by Crippen LogP contribution is -2.48. The molecule has 2 N–H and O–H groups in total. The molecule has 2 aliphatic heterocycles. The van der Waals surface area contributed by atoms with Gasteiger partial charge in [-0.25, -0.2) is 9.97 Å². The molecule has 5 rings (SSSR count). The summed E-state index contributed by atoms with van der Waals surface area (Å²) in [6, 6.07) is 16.5. The van der Waals surface area contributed by atoms with Crippen molar-refractivity contribution in [2.24, 2.45) is 5.92 Å². The number of nitrogens with one attached hydrogen (secondary N) is 2. The van der Waals surface area contributed by atoms with Crippen LogP contribution in [0.3, 0.4) is 0 Å². The van der Waals surface area contributed by atoms with Crippen LogP contribution in [0.15, 0.2) is 61.1 Å². The van der Waals surface area contributed by atoms with Gasteiger partial charge in [-0.05, 0) is 49.4 Å². The molecule has 2 aliphatic rings. The predicted octanol–water partition coefficient (Wildman–Crippen LogP) is 3.01. The number of piperidine rings is 2. The molecule has 1 aromatic carbocycles. The van der Waals surface area contributed by atoms with E-state index in [1.165, 1.54) is 11.9 Å². The molecule has 3 aromatic rings. The molecule has 9 nitrogen and oxygen atoms in total. The quantitative estimate of drug-likeness (QED) is 0.542. The lowest BCUT2D eigenvalue weighted by Gasteiger charge is -2.35. The van der Waals surface area contributed by atoms with Crippen molar-refractivity contribution in [3.63, 3.8) is 0 Å². The van der Waals surface area contributed by atoms with Gasteiger partial charge >= 0.3 is 0 Å². The van der Waals surface area contributed by atoms with Crippen LogP contribution in [0.25, 0.3) is 0 Å². The van der Waals surface area contributed by atoms with Crippen LogP contribution in [0.4, 0.5) is 17.5 Å². The summed E-state index contributed by atoms with van der Waals surface area (Å²) >= 11 is 0. The van der Waals surface area contributed by atoms with Gasteiger partial charge < -0.3 is 15.5 Å². The Labute approximate surface area is 206 Å². The number of hydrogen-bond acceptors (Lipinski definition) is 8. The molecule has 182 valence electrons. The fourth-order valence-corrected chi connectivity index (χ4v) is 4.82. The minimum atomic E-state index is 0.0697. The number of rotatable bonds is 7. The zero-order chi connectivity index (χ0) is 23.9. The molecule has 2 saturated heterocycles. The molecule has 0 unspecified atom stereocenters. The number of benzene rings is 1. The van der Waals surface area contributed by atoms with Crippen molar-refractivity contribution in [2.75, 3.05) is 36.4 Å². The lowest BCUT2D eigenvalue weighted by atomic mass is 9.94. The normalized spacial score (nSPS) is 17.8. The van der Waals surface area contributed by atoms with Crippen LogP contribution < -0.4 is 15.5 Å². The first-order chi connectivity index (χ1) is 17.2. The van der Waals surface area contributed by atoms with Crippen LogP contribution in [0.2, 0.25) is 0 Å². The molecule has 0 spiro atoms. The van der Waals surface area contributed by atoms with Crippen molar-refractivity contribution in [2.45, 2.75) is 38.3 Å². The number of hydrogen-bond donors (Lipinski definition) is 2. The summed E-state index contributed by atoms with van der Waals surface area (Å²) in [5.41, 5.74) is 1.35. The van der Waals surface area contributed by atoms with Crippen LogP contribution in [-0.2, 0) is 11.3 Å². The van der Waals surface area contributed by atoms with Crippen molar-refractivity contribution in [3.05, 3.63) is 66.6 Å². The minimum absolute atomic E-state index is 0.0697. The molecular weight excluding hydrogens is 440 g/mol. The maximum atomic E-state index is 12.9. The van der Waals surface area contributed by atoms with Crippen molar-refractivity contribution < 1.29 is 4.79 Å². The summed E-state index contributed by atoms with van der Waals surface area (Å²) in [6.07, 6.45) is 6.86. The second-order valence-electron chi connectivity index (χ2n) is 9.30. The fraction of sp³-hybridized carbons (Fsp3) is 0.423. The van der Waals surface area contributed by atoms with Crippen LogP contribution >= 0.6 is 0 Å². The molecule has 4 heterocycles. The highest BCUT2D eigenvalue weighted by Crippen LogP contribution is 2.23. The Morgan fingerprint density at radius 3 is 2.37 bits per heavy atom. The number of carbonyl (C=O) groups excluding carboxylic acids is 1. The third-order valence-electron chi connectivity index (χ3n) is 6.86. The van der Waals surface area contributed by atoms with Crippen molar-refractivity contribution in [1.29, 1.82) is 0 Å². The van der Waals surface area contributed by atoms with E-state index in [0.717, 1.165) is 64.2 Å². The third-order valence-corrected chi connectivity index (χ3v) is 6.86. The van der Waals surface area contributed by atoms with Gasteiger partial charge in [0.25, 0.3) is 0 Å². The van der Waals surface area contributed by atoms with Gasteiger partial charge in [-0.1, -0.05) is 30.3 Å². The summed E-state index contributed by atoms with van der Waals surface area (Å²) in [6.45, 7) is 4.65. The number of carbonyl (C=O) groups is 1. The fourth-order valence-electron chi connectivity index (χ4n) is 4.82. The maximum Gasteiger partial charge on any atom is 0.223 e. The Kier molecular flexibility index (Phi) is 7.43. The number of anilines is 3. The van der Waals surface area contributed by atoms with E-state index < -0.39 is 0 Å². The van der Waals surface area contributed by atoms with Crippen LogP contribution in [0.1, 0.15) is 31.2 Å². The van der Waals surface area contributed by atoms with Crippen LogP contribution in [0.5, 0.6) is 0 Å². The Morgan fingerprint density at radius 2 is 1.69 bits per heavy atom. The van der Waals surface area contributed by atoms with Crippen LogP contribution in [-0.4, -0.2) is 63.2 Å². The van der Waals surface area contributed by atoms with E-state index >= 15 is 0 Å². The summed E-state index contributed by atoms with van der Waals surface area (Å²) in [5, 5.41) is 15.1. The zero-order valence-corrected chi connectivity index (χ0v) is 19.9. The topological polar surface area (TPSA) is 99.2 Å². The van der Waals surface area contributed by atoms with Gasteiger partial charge in [-0.15, -0.1) is 10.2 Å². The van der Waals surface area contributed by atoms with Crippen molar-refractivity contribution in [1.82, 2.24) is 30.4 Å². The van der Waals surface area contributed by atoms with Crippen molar-refractivity contribution >= 4 is 23.4 Å². The van der Waals surface area contributed by atoms with E-state index in [1.807, 2.05) is 12.1 Å². The highest BCUT2D eigenvalue weighted by Gasteiger charge is 2.28. The zero-order valence-electron chi connectivity index (χ0n) is 19.9. The highest BCUT2D eigenvalue weighted by molar-refractivity contribution is 5.79. The van der Waals surface area contributed by atoms with E-state index in [-0.39, 0.29) is 17.9 Å². The molecule has 0 atom stereocenters. The molecule has 2 fully saturated rings. The summed E-state index contributed by atoms with van der Waals surface area (Å²) in [7, 11) is 0. The highest BCUT2D eigenvalue weighted by atomic mass is 16.2. The Morgan fingerprint density at radius 1 is 0.886 bits per heavy atom. The number of likely N-dealkylation sites (tertiary alicyclic amines) is 1. The first kappa shape index (κ1) is 23.2. The Bertz CT molecular complexity index is 1060. The molecule has 0 bridgehead atoms. The minimum Gasteiger partial charge on any atom is -0.355 e. The monoisotopic (exact) mass is 472 g/mol. The van der Waals surface area contributed by atoms with Crippen LogP contribution in [0, 0.1) is 5.92 Å². The van der Waals surface area contributed by atoms with Crippen molar-refractivity contribution in [3.8, 4) is 0 Å². The average Bonchev–Trinajstić information content (AvgIpc) is 2.91.